The van der Waals surface area contributed by atoms with Crippen molar-refractivity contribution in [1.29, 1.82) is 0 Å². The molecule has 4 rings (SSSR count). The third kappa shape index (κ3) is 4.37. The highest BCUT2D eigenvalue weighted by molar-refractivity contribution is 6.30. The van der Waals surface area contributed by atoms with Crippen molar-refractivity contribution in [3.63, 3.8) is 0 Å². The predicted molar refractivity (Wildman–Crippen MR) is 125 cm³/mol. The summed E-state index contributed by atoms with van der Waals surface area (Å²) in [7, 11) is 0. The largest absolute Gasteiger partial charge is 0.319 e. The Labute approximate surface area is 186 Å². The van der Waals surface area contributed by atoms with Crippen LogP contribution in [0.5, 0.6) is 0 Å². The Balaban J connectivity index is 1.78. The van der Waals surface area contributed by atoms with Crippen LogP contribution < -0.4 is 5.32 Å². The first-order valence-electron chi connectivity index (χ1n) is 10.0. The van der Waals surface area contributed by atoms with E-state index in [0.717, 1.165) is 33.6 Å². The molecule has 0 saturated carbocycles. The van der Waals surface area contributed by atoms with Gasteiger partial charge in [0.25, 0.3) is 5.91 Å². The lowest BCUT2D eigenvalue weighted by Crippen LogP contribution is -2.15. The predicted octanol–water partition coefficient (Wildman–Crippen LogP) is 6.07. The number of hydrogen-bond donors (Lipinski definition) is 1. The maximum Gasteiger partial charge on any atom is 0.295 e. The summed E-state index contributed by atoms with van der Waals surface area (Å²) in [6, 6.07) is 19.3. The summed E-state index contributed by atoms with van der Waals surface area (Å²) < 4.78 is 1.69. The monoisotopic (exact) mass is 430 g/mol. The molecule has 5 nitrogen and oxygen atoms in total. The average molecular weight is 431 g/mol. The summed E-state index contributed by atoms with van der Waals surface area (Å²) in [6.45, 7) is 8.08. The number of nitrogens with one attached hydrogen (secondary N) is 1. The van der Waals surface area contributed by atoms with E-state index in [1.54, 1.807) is 10.7 Å². The third-order valence-corrected chi connectivity index (χ3v) is 5.49. The molecule has 3 aromatic carbocycles. The van der Waals surface area contributed by atoms with Gasteiger partial charge in [-0.3, -0.25) is 4.79 Å². The van der Waals surface area contributed by atoms with Gasteiger partial charge in [-0.2, -0.15) is 0 Å². The van der Waals surface area contributed by atoms with Crippen LogP contribution >= 0.6 is 11.6 Å². The number of hydrogen-bond acceptors (Lipinski definition) is 3. The zero-order chi connectivity index (χ0) is 22.1. The minimum absolute atomic E-state index is 0.0909. The van der Waals surface area contributed by atoms with Crippen LogP contribution in [-0.2, 0) is 0 Å². The fraction of sp³-hybridized carbons (Fsp3) is 0.160. The molecule has 0 bridgehead atoms. The van der Waals surface area contributed by atoms with Crippen LogP contribution in [0.2, 0.25) is 5.02 Å². The van der Waals surface area contributed by atoms with E-state index in [9.17, 15) is 4.79 Å². The van der Waals surface area contributed by atoms with Crippen molar-refractivity contribution in [2.75, 3.05) is 5.32 Å². The second kappa shape index (κ2) is 8.36. The molecule has 0 fully saturated rings. The number of aryl methyl sites for hydroxylation is 4. The molecule has 0 spiro atoms. The Kier molecular flexibility index (Phi) is 5.61. The maximum absolute atomic E-state index is 13.0. The number of rotatable bonds is 4. The van der Waals surface area contributed by atoms with Crippen molar-refractivity contribution in [3.05, 3.63) is 93.8 Å². The van der Waals surface area contributed by atoms with Crippen molar-refractivity contribution in [2.24, 2.45) is 0 Å². The van der Waals surface area contributed by atoms with Crippen LogP contribution in [-0.4, -0.2) is 20.7 Å². The van der Waals surface area contributed by atoms with Crippen LogP contribution in [0, 0.1) is 27.7 Å². The van der Waals surface area contributed by atoms with Gasteiger partial charge in [-0.25, -0.2) is 9.67 Å². The molecule has 1 heterocycles. The smallest absolute Gasteiger partial charge is 0.295 e. The van der Waals surface area contributed by atoms with Gasteiger partial charge in [-0.15, -0.1) is 5.10 Å². The number of carbonyl (C=O) groups is 1. The SMILES string of the molecule is Cc1ccc(NC(=O)c2nc(-c3cccc(Cl)c3)n(-c3ccc(C)c(C)c3)n2)c(C)c1. The first-order chi connectivity index (χ1) is 14.8. The zero-order valence-corrected chi connectivity index (χ0v) is 18.7. The van der Waals surface area contributed by atoms with E-state index in [2.05, 4.69) is 22.3 Å². The molecule has 0 aliphatic rings. The Morgan fingerprint density at radius 2 is 1.71 bits per heavy atom. The van der Waals surface area contributed by atoms with E-state index in [4.69, 9.17) is 11.6 Å². The Morgan fingerprint density at radius 1 is 0.903 bits per heavy atom. The Hall–Kier alpha value is -3.44. The molecule has 0 saturated heterocycles. The van der Waals surface area contributed by atoms with Crippen LogP contribution in [0.3, 0.4) is 0 Å². The molecular formula is C25H23ClN4O. The van der Waals surface area contributed by atoms with Crippen LogP contribution in [0.4, 0.5) is 5.69 Å². The summed E-state index contributed by atoms with van der Waals surface area (Å²) in [5, 5.41) is 8.07. The summed E-state index contributed by atoms with van der Waals surface area (Å²) in [4.78, 5) is 17.6. The summed E-state index contributed by atoms with van der Waals surface area (Å²) in [5.74, 6) is 0.280. The molecule has 0 aliphatic carbocycles. The second-order valence-corrected chi connectivity index (χ2v) is 8.16. The van der Waals surface area contributed by atoms with Crippen molar-refractivity contribution < 1.29 is 4.79 Å². The fourth-order valence-electron chi connectivity index (χ4n) is 3.39. The highest BCUT2D eigenvalue weighted by Crippen LogP contribution is 2.25. The third-order valence-electron chi connectivity index (χ3n) is 5.26. The van der Waals surface area contributed by atoms with Gasteiger partial charge in [0.1, 0.15) is 0 Å². The highest BCUT2D eigenvalue weighted by Gasteiger charge is 2.20. The maximum atomic E-state index is 13.0. The van der Waals surface area contributed by atoms with Crippen LogP contribution in [0.15, 0.2) is 60.7 Å². The summed E-state index contributed by atoms with van der Waals surface area (Å²) in [5.41, 5.74) is 6.78. The average Bonchev–Trinajstić information content (AvgIpc) is 3.18. The van der Waals surface area contributed by atoms with Crippen molar-refractivity contribution in [3.8, 4) is 17.1 Å². The second-order valence-electron chi connectivity index (χ2n) is 7.72. The van der Waals surface area contributed by atoms with Gasteiger partial charge in [0.2, 0.25) is 5.82 Å². The van der Waals surface area contributed by atoms with Gasteiger partial charge in [0.15, 0.2) is 5.82 Å². The van der Waals surface area contributed by atoms with E-state index in [-0.39, 0.29) is 11.7 Å². The molecule has 0 unspecified atom stereocenters. The highest BCUT2D eigenvalue weighted by atomic mass is 35.5. The molecule has 6 heteroatoms. The number of anilines is 1. The van der Waals surface area contributed by atoms with Crippen LogP contribution in [0.25, 0.3) is 17.1 Å². The molecule has 4 aromatic rings. The van der Waals surface area contributed by atoms with Gasteiger partial charge in [0, 0.05) is 16.3 Å². The van der Waals surface area contributed by atoms with Crippen molar-refractivity contribution in [1.82, 2.24) is 14.8 Å². The molecule has 0 aliphatic heterocycles. The van der Waals surface area contributed by atoms with E-state index in [1.165, 1.54) is 5.56 Å². The number of halogens is 1. The van der Waals surface area contributed by atoms with E-state index in [0.29, 0.717) is 10.8 Å². The lowest BCUT2D eigenvalue weighted by atomic mass is 10.1. The number of aromatic nitrogens is 3. The Morgan fingerprint density at radius 3 is 2.42 bits per heavy atom. The molecule has 0 atom stereocenters. The minimum atomic E-state index is -0.363. The number of carbonyl (C=O) groups excluding carboxylic acids is 1. The molecule has 0 radical (unpaired) electrons. The number of amides is 1. The number of nitrogens with zero attached hydrogens (tertiary/aromatic N) is 3. The molecule has 1 amide bonds. The fourth-order valence-corrected chi connectivity index (χ4v) is 3.58. The normalized spacial score (nSPS) is 10.9. The first kappa shape index (κ1) is 20.8. The lowest BCUT2D eigenvalue weighted by Gasteiger charge is -2.08. The first-order valence-corrected chi connectivity index (χ1v) is 10.4. The quantitative estimate of drug-likeness (QED) is 0.427. The molecule has 31 heavy (non-hydrogen) atoms. The molecule has 156 valence electrons. The zero-order valence-electron chi connectivity index (χ0n) is 17.9. The van der Waals surface area contributed by atoms with Gasteiger partial charge in [-0.05, 0) is 74.7 Å². The van der Waals surface area contributed by atoms with E-state index >= 15 is 0 Å². The topological polar surface area (TPSA) is 59.8 Å². The van der Waals surface area contributed by atoms with E-state index in [1.807, 2.05) is 75.4 Å². The van der Waals surface area contributed by atoms with Gasteiger partial charge in [0.05, 0.1) is 5.69 Å². The van der Waals surface area contributed by atoms with Crippen molar-refractivity contribution in [2.45, 2.75) is 27.7 Å². The standard InChI is InChI=1S/C25H23ClN4O/c1-15-8-11-22(18(4)12-15)27-25(31)23-28-24(19-6-5-7-20(26)14-19)30(29-23)21-10-9-16(2)17(3)13-21/h5-14H,1-4H3,(H,27,31). The van der Waals surface area contributed by atoms with Crippen molar-refractivity contribution >= 4 is 23.2 Å². The summed E-state index contributed by atoms with van der Waals surface area (Å²) >= 11 is 6.21. The number of benzene rings is 3. The Bertz CT molecular complexity index is 1290. The minimum Gasteiger partial charge on any atom is -0.319 e. The van der Waals surface area contributed by atoms with Crippen LogP contribution in [0.1, 0.15) is 32.9 Å². The van der Waals surface area contributed by atoms with Gasteiger partial charge >= 0.3 is 0 Å². The molecule has 1 N–H and O–H groups in total. The molecule has 1 aromatic heterocycles. The summed E-state index contributed by atoms with van der Waals surface area (Å²) in [6.07, 6.45) is 0. The van der Waals surface area contributed by atoms with Gasteiger partial charge in [-0.1, -0.05) is 47.5 Å². The van der Waals surface area contributed by atoms with Gasteiger partial charge < -0.3 is 5.32 Å². The van der Waals surface area contributed by atoms with E-state index < -0.39 is 0 Å². The molecular weight excluding hydrogens is 408 g/mol. The lowest BCUT2D eigenvalue weighted by molar-refractivity contribution is 0.101.